The van der Waals surface area contributed by atoms with E-state index in [1.54, 1.807) is 31.9 Å². The van der Waals surface area contributed by atoms with Crippen LogP contribution >= 0.6 is 0 Å². The highest BCUT2D eigenvalue weighted by atomic mass is 16.5. The number of aromatic amines is 1. The molecule has 0 aliphatic heterocycles. The smallest absolute Gasteiger partial charge is 0.153 e. The molecule has 0 saturated heterocycles. The summed E-state index contributed by atoms with van der Waals surface area (Å²) in [5.74, 6) is 6.89. The number of methoxy groups -OCH3 is 1. The molecule has 6 nitrogen and oxygen atoms in total. The Morgan fingerprint density at radius 1 is 1.19 bits per heavy atom. The van der Waals surface area contributed by atoms with Crippen molar-refractivity contribution in [1.82, 2.24) is 19.9 Å². The Morgan fingerprint density at radius 2 is 2.04 bits per heavy atom. The van der Waals surface area contributed by atoms with Gasteiger partial charge < -0.3 is 15.5 Å². The number of H-pyrrole nitrogens is 1. The molecule has 0 amide bonds. The van der Waals surface area contributed by atoms with Crippen molar-refractivity contribution in [3.8, 4) is 28.8 Å². The summed E-state index contributed by atoms with van der Waals surface area (Å²) in [6.07, 6.45) is 7.00. The predicted molar refractivity (Wildman–Crippen MR) is 106 cm³/mol. The minimum Gasteiger partial charge on any atom is -0.494 e. The van der Waals surface area contributed by atoms with Crippen LogP contribution in [0, 0.1) is 11.8 Å². The maximum absolute atomic E-state index is 6.05. The molecule has 0 unspecified atom stereocenters. The number of aromatic nitrogens is 4. The van der Waals surface area contributed by atoms with Crippen LogP contribution in [0.2, 0.25) is 0 Å². The largest absolute Gasteiger partial charge is 0.494 e. The van der Waals surface area contributed by atoms with Crippen molar-refractivity contribution in [2.24, 2.45) is 5.73 Å². The van der Waals surface area contributed by atoms with Gasteiger partial charge in [0.1, 0.15) is 5.65 Å². The zero-order chi connectivity index (χ0) is 19.0. The van der Waals surface area contributed by atoms with E-state index in [0.717, 1.165) is 38.8 Å². The van der Waals surface area contributed by atoms with Crippen molar-refractivity contribution in [2.45, 2.75) is 19.4 Å². The van der Waals surface area contributed by atoms with E-state index in [2.05, 4.69) is 31.8 Å². The van der Waals surface area contributed by atoms with E-state index in [4.69, 9.17) is 10.5 Å². The first-order valence-electron chi connectivity index (χ1n) is 8.53. The fourth-order valence-electron chi connectivity index (χ4n) is 2.91. The van der Waals surface area contributed by atoms with Crippen LogP contribution in [-0.4, -0.2) is 32.6 Å². The molecular formula is C21H19N5O. The van der Waals surface area contributed by atoms with Gasteiger partial charge in [0.15, 0.2) is 5.75 Å². The van der Waals surface area contributed by atoms with E-state index in [1.807, 2.05) is 32.0 Å². The van der Waals surface area contributed by atoms with Gasteiger partial charge in [0, 0.05) is 28.7 Å². The number of ether oxygens (including phenoxy) is 1. The van der Waals surface area contributed by atoms with Gasteiger partial charge in [-0.25, -0.2) is 4.98 Å². The van der Waals surface area contributed by atoms with Crippen molar-refractivity contribution >= 4 is 21.9 Å². The molecule has 134 valence electrons. The van der Waals surface area contributed by atoms with Gasteiger partial charge in [-0.3, -0.25) is 9.97 Å². The summed E-state index contributed by atoms with van der Waals surface area (Å²) in [4.78, 5) is 16.5. The van der Waals surface area contributed by atoms with Crippen molar-refractivity contribution < 1.29 is 4.74 Å². The van der Waals surface area contributed by atoms with Crippen LogP contribution in [0.1, 0.15) is 19.4 Å². The lowest BCUT2D eigenvalue weighted by atomic mass is 10.0. The minimum absolute atomic E-state index is 0.611. The second-order valence-corrected chi connectivity index (χ2v) is 6.88. The van der Waals surface area contributed by atoms with Crippen LogP contribution in [0.25, 0.3) is 33.2 Å². The lowest BCUT2D eigenvalue weighted by Gasteiger charge is -2.09. The number of hydrogen-bond acceptors (Lipinski definition) is 5. The second-order valence-electron chi connectivity index (χ2n) is 6.88. The second kappa shape index (κ2) is 6.38. The normalized spacial score (nSPS) is 11.4. The molecule has 4 aromatic heterocycles. The van der Waals surface area contributed by atoms with Crippen LogP contribution in [0.15, 0.2) is 43.0 Å². The van der Waals surface area contributed by atoms with E-state index >= 15 is 0 Å². The Balaban J connectivity index is 2.03. The molecule has 4 aromatic rings. The van der Waals surface area contributed by atoms with Gasteiger partial charge in [-0.15, -0.1) is 0 Å². The molecule has 0 aliphatic carbocycles. The highest BCUT2D eigenvalue weighted by molar-refractivity contribution is 6.10. The van der Waals surface area contributed by atoms with Gasteiger partial charge >= 0.3 is 0 Å². The lowest BCUT2D eigenvalue weighted by Crippen LogP contribution is -2.29. The topological polar surface area (TPSA) is 89.7 Å². The van der Waals surface area contributed by atoms with Gasteiger partial charge in [0.25, 0.3) is 0 Å². The minimum atomic E-state index is -0.616. The number of nitrogens with one attached hydrogen (secondary N) is 1. The third-order valence-corrected chi connectivity index (χ3v) is 4.16. The first kappa shape index (κ1) is 17.0. The third kappa shape index (κ3) is 3.21. The Bertz CT molecular complexity index is 1190. The standard InChI is InChI=1S/C21H19N5O/c1-21(2,22)7-6-14-18(27-3)12-25-20-19(14)15-9-16(24-11-17(15)26-20)13-5-4-8-23-10-13/h4-5,8-12H,22H2,1-3H3,(H,25,26). The van der Waals surface area contributed by atoms with Gasteiger partial charge in [0.05, 0.1) is 41.8 Å². The van der Waals surface area contributed by atoms with Crippen molar-refractivity contribution in [3.05, 3.63) is 48.5 Å². The van der Waals surface area contributed by atoms with Crippen LogP contribution in [-0.2, 0) is 0 Å². The third-order valence-electron chi connectivity index (χ3n) is 4.16. The summed E-state index contributed by atoms with van der Waals surface area (Å²) in [6, 6.07) is 5.89. The van der Waals surface area contributed by atoms with Gasteiger partial charge in [-0.1, -0.05) is 11.8 Å². The summed E-state index contributed by atoms with van der Waals surface area (Å²) in [5.41, 5.74) is 9.59. The molecule has 3 N–H and O–H groups in total. The average Bonchev–Trinajstić information content (AvgIpc) is 3.04. The van der Waals surface area contributed by atoms with E-state index in [-0.39, 0.29) is 0 Å². The molecule has 0 bridgehead atoms. The number of hydrogen-bond donors (Lipinski definition) is 2. The summed E-state index contributed by atoms with van der Waals surface area (Å²) in [5, 5.41) is 1.87. The van der Waals surface area contributed by atoms with Crippen LogP contribution in [0.4, 0.5) is 0 Å². The van der Waals surface area contributed by atoms with Gasteiger partial charge in [-0.05, 0) is 32.0 Å². The number of nitrogens with two attached hydrogens (primary N) is 1. The summed E-state index contributed by atoms with van der Waals surface area (Å²) < 4.78 is 5.51. The number of rotatable bonds is 2. The first-order valence-corrected chi connectivity index (χ1v) is 8.53. The van der Waals surface area contributed by atoms with Crippen LogP contribution < -0.4 is 10.5 Å². The molecule has 27 heavy (non-hydrogen) atoms. The quantitative estimate of drug-likeness (QED) is 0.538. The highest BCUT2D eigenvalue weighted by Crippen LogP contribution is 2.33. The molecule has 6 heteroatoms. The van der Waals surface area contributed by atoms with Gasteiger partial charge in [0.2, 0.25) is 0 Å². The number of pyridine rings is 3. The summed E-state index contributed by atoms with van der Waals surface area (Å²) >= 11 is 0. The zero-order valence-electron chi connectivity index (χ0n) is 15.4. The molecule has 0 spiro atoms. The molecule has 4 rings (SSSR count). The number of nitrogens with zero attached hydrogens (tertiary/aromatic N) is 3. The van der Waals surface area contributed by atoms with E-state index < -0.39 is 5.54 Å². The van der Waals surface area contributed by atoms with E-state index in [0.29, 0.717) is 5.75 Å². The average molecular weight is 357 g/mol. The summed E-state index contributed by atoms with van der Waals surface area (Å²) in [7, 11) is 1.61. The van der Waals surface area contributed by atoms with E-state index in [9.17, 15) is 0 Å². The van der Waals surface area contributed by atoms with Crippen molar-refractivity contribution in [1.29, 1.82) is 0 Å². The molecular weight excluding hydrogens is 338 g/mol. The van der Waals surface area contributed by atoms with Crippen LogP contribution in [0.5, 0.6) is 5.75 Å². The first-order chi connectivity index (χ1) is 13.0. The molecule has 0 aromatic carbocycles. The zero-order valence-corrected chi connectivity index (χ0v) is 15.4. The Kier molecular flexibility index (Phi) is 4.02. The molecule has 0 fully saturated rings. The fraction of sp³-hybridized carbons (Fsp3) is 0.190. The predicted octanol–water partition coefficient (Wildman–Crippen LogP) is 3.27. The van der Waals surface area contributed by atoms with Crippen molar-refractivity contribution in [2.75, 3.05) is 7.11 Å². The molecule has 0 saturated carbocycles. The van der Waals surface area contributed by atoms with Gasteiger partial charge in [-0.2, -0.15) is 0 Å². The Hall–Kier alpha value is -3.43. The molecule has 4 heterocycles. The summed E-state index contributed by atoms with van der Waals surface area (Å²) in [6.45, 7) is 3.73. The van der Waals surface area contributed by atoms with Crippen LogP contribution in [0.3, 0.4) is 0 Å². The van der Waals surface area contributed by atoms with E-state index in [1.165, 1.54) is 0 Å². The SMILES string of the molecule is COc1cnc2[nH]c3cnc(-c4cccnc4)cc3c2c1C#CC(C)(C)N. The maximum atomic E-state index is 6.05. The monoisotopic (exact) mass is 357 g/mol. The fourth-order valence-corrected chi connectivity index (χ4v) is 2.91. The highest BCUT2D eigenvalue weighted by Gasteiger charge is 2.16. The molecule has 0 aliphatic rings. The maximum Gasteiger partial charge on any atom is 0.153 e. The Labute approximate surface area is 156 Å². The molecule has 0 radical (unpaired) electrons. The van der Waals surface area contributed by atoms with Crippen molar-refractivity contribution in [3.63, 3.8) is 0 Å². The lowest BCUT2D eigenvalue weighted by molar-refractivity contribution is 0.412. The Morgan fingerprint density at radius 3 is 2.74 bits per heavy atom. The number of fused-ring (bicyclic) bond motifs is 3. The molecule has 0 atom stereocenters.